The molecule has 1 aromatic carbocycles. The van der Waals surface area contributed by atoms with Gasteiger partial charge in [0, 0.05) is 19.0 Å². The van der Waals surface area contributed by atoms with E-state index >= 15 is 0 Å². The molecule has 280 valence electrons. The number of carbonyl (C=O) groups excluding carboxylic acids is 4. The number of aliphatic hydroxyl groups excluding tert-OH is 1. The molecule has 1 saturated carbocycles. The van der Waals surface area contributed by atoms with Gasteiger partial charge in [-0.1, -0.05) is 83.4 Å². The third kappa shape index (κ3) is 15.2. The number of benzene rings is 1. The molecule has 1 unspecified atom stereocenters. The van der Waals surface area contributed by atoms with E-state index in [2.05, 4.69) is 26.3 Å². The fourth-order valence-electron chi connectivity index (χ4n) is 6.05. The fraction of sp³-hybridized carbons (Fsp3) is 0.590. The molecule has 51 heavy (non-hydrogen) atoms. The maximum atomic E-state index is 13.8. The van der Waals surface area contributed by atoms with E-state index in [1.54, 1.807) is 6.20 Å². The van der Waals surface area contributed by atoms with Crippen molar-refractivity contribution >= 4 is 29.6 Å². The van der Waals surface area contributed by atoms with Crippen molar-refractivity contribution in [3.63, 3.8) is 0 Å². The number of aliphatic carboxylic acids is 1. The van der Waals surface area contributed by atoms with Crippen molar-refractivity contribution in [2.75, 3.05) is 0 Å². The monoisotopic (exact) mass is 707 g/mol. The molecule has 6 N–H and O–H groups in total. The van der Waals surface area contributed by atoms with E-state index in [-0.39, 0.29) is 55.4 Å². The standard InChI is InChI=1S/C39H57N5O7/c1-5-26(4)37(44-34(46)15-11-16-36(48)49)39(51)43-32(23-28-17-18-28)38(50)42-31(22-25(2)3)33(45)24-35(47)41-30(29-14-9-10-21-40-29)20-19-27-12-7-6-8-13-27/h6-10,12-14,21,25-26,28,30-33,37,45H,5,11,15-20,22-24H2,1-4H3,(H,41,47)(H,42,50)(H,43,51)(H,44,46)(H,48,49)/t26-,30?,31-,32-,33-,37-/m0/s1. The van der Waals surface area contributed by atoms with Crippen LogP contribution in [0.2, 0.25) is 0 Å². The Balaban J connectivity index is 1.68. The molecule has 1 fully saturated rings. The Morgan fingerprint density at radius 1 is 0.863 bits per heavy atom. The van der Waals surface area contributed by atoms with Crippen molar-refractivity contribution in [3.8, 4) is 0 Å². The number of aryl methyl sites for hydroxylation is 1. The minimum absolute atomic E-state index is 0.0313. The second-order valence-electron chi connectivity index (χ2n) is 14.3. The smallest absolute Gasteiger partial charge is 0.303 e. The lowest BCUT2D eigenvalue weighted by Gasteiger charge is -2.30. The molecule has 1 heterocycles. The molecule has 1 aliphatic rings. The molecule has 12 nitrogen and oxygen atoms in total. The Hall–Kier alpha value is -4.32. The van der Waals surface area contributed by atoms with E-state index in [0.717, 1.165) is 24.8 Å². The summed E-state index contributed by atoms with van der Waals surface area (Å²) in [5, 5.41) is 31.9. The van der Waals surface area contributed by atoms with Crippen molar-refractivity contribution in [3.05, 3.63) is 66.0 Å². The van der Waals surface area contributed by atoms with Gasteiger partial charge < -0.3 is 31.5 Å². The van der Waals surface area contributed by atoms with Crippen molar-refractivity contribution < 1.29 is 34.2 Å². The quantitative estimate of drug-likeness (QED) is 0.0991. The first-order valence-corrected chi connectivity index (χ1v) is 18.4. The van der Waals surface area contributed by atoms with Crippen molar-refractivity contribution in [2.45, 2.75) is 129 Å². The number of pyridine rings is 1. The molecule has 0 saturated heterocycles. The van der Waals surface area contributed by atoms with Crippen LogP contribution in [0.3, 0.4) is 0 Å². The number of carbonyl (C=O) groups is 5. The molecule has 0 radical (unpaired) electrons. The first-order chi connectivity index (χ1) is 24.4. The number of hydrogen-bond acceptors (Lipinski definition) is 7. The average Bonchev–Trinajstić information content (AvgIpc) is 3.92. The third-order valence-corrected chi connectivity index (χ3v) is 9.36. The van der Waals surface area contributed by atoms with Crippen LogP contribution in [-0.2, 0) is 30.4 Å². The highest BCUT2D eigenvalue weighted by molar-refractivity contribution is 5.92. The Morgan fingerprint density at radius 3 is 2.18 bits per heavy atom. The lowest BCUT2D eigenvalue weighted by Crippen LogP contribution is -2.57. The molecular weight excluding hydrogens is 650 g/mol. The van der Waals surface area contributed by atoms with Crippen LogP contribution in [0.5, 0.6) is 0 Å². The number of amides is 4. The van der Waals surface area contributed by atoms with Gasteiger partial charge in [-0.05, 0) is 67.6 Å². The average molecular weight is 708 g/mol. The van der Waals surface area contributed by atoms with Gasteiger partial charge in [-0.2, -0.15) is 0 Å². The summed E-state index contributed by atoms with van der Waals surface area (Å²) in [4.78, 5) is 68.7. The number of aromatic nitrogens is 1. The van der Waals surface area contributed by atoms with Crippen LogP contribution in [-0.4, -0.2) is 69.0 Å². The largest absolute Gasteiger partial charge is 0.481 e. The number of hydrogen-bond donors (Lipinski definition) is 6. The molecule has 0 spiro atoms. The minimum Gasteiger partial charge on any atom is -0.481 e. The van der Waals surface area contributed by atoms with E-state index in [0.29, 0.717) is 31.4 Å². The Labute approximate surface area is 302 Å². The highest BCUT2D eigenvalue weighted by Crippen LogP contribution is 2.33. The number of aliphatic hydroxyl groups is 1. The molecule has 1 aliphatic carbocycles. The summed E-state index contributed by atoms with van der Waals surface area (Å²) in [7, 11) is 0. The third-order valence-electron chi connectivity index (χ3n) is 9.36. The molecule has 0 bridgehead atoms. The van der Waals surface area contributed by atoms with E-state index in [1.807, 2.05) is 76.2 Å². The van der Waals surface area contributed by atoms with Crippen molar-refractivity contribution in [1.82, 2.24) is 26.3 Å². The molecular formula is C39H57N5O7. The van der Waals surface area contributed by atoms with E-state index < -0.39 is 47.9 Å². The first-order valence-electron chi connectivity index (χ1n) is 18.4. The predicted octanol–water partition coefficient (Wildman–Crippen LogP) is 4.22. The van der Waals surface area contributed by atoms with Gasteiger partial charge in [0.2, 0.25) is 23.6 Å². The van der Waals surface area contributed by atoms with Gasteiger partial charge >= 0.3 is 5.97 Å². The summed E-state index contributed by atoms with van der Waals surface area (Å²) in [6.07, 6.45) is 4.83. The van der Waals surface area contributed by atoms with Gasteiger partial charge in [0.25, 0.3) is 0 Å². The fourth-order valence-corrected chi connectivity index (χ4v) is 6.05. The second-order valence-corrected chi connectivity index (χ2v) is 14.3. The number of nitrogens with one attached hydrogen (secondary N) is 4. The summed E-state index contributed by atoms with van der Waals surface area (Å²) in [6, 6.07) is 12.6. The van der Waals surface area contributed by atoms with Crippen LogP contribution < -0.4 is 21.3 Å². The molecule has 4 amide bonds. The van der Waals surface area contributed by atoms with Crippen molar-refractivity contribution in [1.29, 1.82) is 0 Å². The van der Waals surface area contributed by atoms with Gasteiger partial charge in [-0.25, -0.2) is 0 Å². The lowest BCUT2D eigenvalue weighted by molar-refractivity contribution is -0.137. The Morgan fingerprint density at radius 2 is 1.57 bits per heavy atom. The Bertz CT molecular complexity index is 1400. The summed E-state index contributed by atoms with van der Waals surface area (Å²) in [5.41, 5.74) is 1.85. The zero-order valence-electron chi connectivity index (χ0n) is 30.5. The summed E-state index contributed by atoms with van der Waals surface area (Å²) in [5.74, 6) is -2.62. The highest BCUT2D eigenvalue weighted by atomic mass is 16.4. The number of carboxylic acid groups (broad SMARTS) is 1. The van der Waals surface area contributed by atoms with Gasteiger partial charge in [0.15, 0.2) is 0 Å². The van der Waals surface area contributed by atoms with Crippen LogP contribution in [0.4, 0.5) is 0 Å². The lowest BCUT2D eigenvalue weighted by atomic mass is 9.95. The van der Waals surface area contributed by atoms with E-state index in [1.165, 1.54) is 0 Å². The van der Waals surface area contributed by atoms with Gasteiger partial charge in [-0.15, -0.1) is 0 Å². The van der Waals surface area contributed by atoms with E-state index in [4.69, 9.17) is 5.11 Å². The van der Waals surface area contributed by atoms with Gasteiger partial charge in [-0.3, -0.25) is 29.0 Å². The van der Waals surface area contributed by atoms with Crippen LogP contribution in [0.25, 0.3) is 0 Å². The van der Waals surface area contributed by atoms with Gasteiger partial charge in [0.05, 0.1) is 30.3 Å². The summed E-state index contributed by atoms with van der Waals surface area (Å²) in [6.45, 7) is 7.65. The van der Waals surface area contributed by atoms with Crippen LogP contribution >= 0.6 is 0 Å². The SMILES string of the molecule is CC[C@H](C)[C@H](NC(=O)CCCC(=O)O)C(=O)N[C@@H](CC1CC1)C(=O)N[C@@H](CC(C)C)[C@@H](O)CC(=O)NC(CCc1ccccc1)c1ccccn1. The molecule has 6 atom stereocenters. The van der Waals surface area contributed by atoms with Crippen LogP contribution in [0.15, 0.2) is 54.7 Å². The number of carboxylic acids is 1. The molecule has 1 aromatic heterocycles. The predicted molar refractivity (Wildman–Crippen MR) is 194 cm³/mol. The first kappa shape index (κ1) is 41.1. The molecule has 3 rings (SSSR count). The summed E-state index contributed by atoms with van der Waals surface area (Å²) < 4.78 is 0. The van der Waals surface area contributed by atoms with Crippen molar-refractivity contribution in [2.24, 2.45) is 17.8 Å². The zero-order chi connectivity index (χ0) is 37.3. The second kappa shape index (κ2) is 21.1. The number of rotatable bonds is 23. The normalized spacial score (nSPS) is 16.2. The molecule has 2 aromatic rings. The number of nitrogens with zero attached hydrogens (tertiary/aromatic N) is 1. The van der Waals surface area contributed by atoms with Crippen LogP contribution in [0, 0.1) is 17.8 Å². The van der Waals surface area contributed by atoms with Gasteiger partial charge in [0.1, 0.15) is 12.1 Å². The Kier molecular flexibility index (Phi) is 17.0. The maximum absolute atomic E-state index is 13.8. The molecule has 12 heteroatoms. The topological polar surface area (TPSA) is 187 Å². The van der Waals surface area contributed by atoms with Crippen LogP contribution in [0.1, 0.15) is 109 Å². The maximum Gasteiger partial charge on any atom is 0.303 e. The zero-order valence-corrected chi connectivity index (χ0v) is 30.5. The minimum atomic E-state index is -1.19. The highest BCUT2D eigenvalue weighted by Gasteiger charge is 2.35. The van der Waals surface area contributed by atoms with E-state index in [9.17, 15) is 29.1 Å². The molecule has 0 aliphatic heterocycles. The summed E-state index contributed by atoms with van der Waals surface area (Å²) >= 11 is 0.